The van der Waals surface area contributed by atoms with Crippen molar-refractivity contribution in [2.45, 2.75) is 12.8 Å². The molecule has 1 aromatic rings. The SMILES string of the molecule is O=C(CCO)NCCc1cc(F)ccc1F. The fourth-order valence-corrected chi connectivity index (χ4v) is 1.26. The first-order chi connectivity index (χ1) is 7.63. The van der Waals surface area contributed by atoms with Crippen LogP contribution in [0.4, 0.5) is 8.78 Å². The number of rotatable bonds is 5. The van der Waals surface area contributed by atoms with E-state index in [1.54, 1.807) is 0 Å². The Balaban J connectivity index is 2.42. The number of hydrogen-bond acceptors (Lipinski definition) is 2. The molecule has 0 unspecified atom stereocenters. The molecule has 0 heterocycles. The topological polar surface area (TPSA) is 49.3 Å². The molecule has 5 heteroatoms. The zero-order chi connectivity index (χ0) is 12.0. The van der Waals surface area contributed by atoms with E-state index in [-0.39, 0.29) is 37.5 Å². The summed E-state index contributed by atoms with van der Waals surface area (Å²) in [5.41, 5.74) is 0.226. The lowest BCUT2D eigenvalue weighted by atomic mass is 10.1. The van der Waals surface area contributed by atoms with Gasteiger partial charge >= 0.3 is 0 Å². The summed E-state index contributed by atoms with van der Waals surface area (Å²) >= 11 is 0. The van der Waals surface area contributed by atoms with Crippen LogP contribution in [-0.4, -0.2) is 24.2 Å². The minimum absolute atomic E-state index is 0.0195. The third-order valence-electron chi connectivity index (χ3n) is 2.06. The van der Waals surface area contributed by atoms with Gasteiger partial charge in [0.25, 0.3) is 0 Å². The first kappa shape index (κ1) is 12.6. The molecule has 1 aromatic carbocycles. The Morgan fingerprint density at radius 3 is 2.81 bits per heavy atom. The quantitative estimate of drug-likeness (QED) is 0.791. The molecule has 3 nitrogen and oxygen atoms in total. The molecule has 0 radical (unpaired) electrons. The molecule has 0 spiro atoms. The van der Waals surface area contributed by atoms with Crippen LogP contribution in [0.2, 0.25) is 0 Å². The molecule has 0 saturated heterocycles. The van der Waals surface area contributed by atoms with Crippen molar-refractivity contribution in [3.63, 3.8) is 0 Å². The number of amides is 1. The summed E-state index contributed by atoms with van der Waals surface area (Å²) < 4.78 is 25.9. The van der Waals surface area contributed by atoms with Crippen molar-refractivity contribution in [1.29, 1.82) is 0 Å². The molecule has 0 saturated carbocycles. The average Bonchev–Trinajstić information content (AvgIpc) is 2.23. The third kappa shape index (κ3) is 3.94. The summed E-state index contributed by atoms with van der Waals surface area (Å²) in [5.74, 6) is -1.30. The van der Waals surface area contributed by atoms with Crippen molar-refractivity contribution in [3.05, 3.63) is 35.4 Å². The maximum absolute atomic E-state index is 13.1. The largest absolute Gasteiger partial charge is 0.396 e. The van der Waals surface area contributed by atoms with Gasteiger partial charge in [0.1, 0.15) is 11.6 Å². The Kier molecular flexibility index (Phi) is 4.85. The van der Waals surface area contributed by atoms with Crippen molar-refractivity contribution >= 4 is 5.91 Å². The molecule has 0 atom stereocenters. The van der Waals surface area contributed by atoms with Crippen molar-refractivity contribution in [2.75, 3.05) is 13.2 Å². The van der Waals surface area contributed by atoms with E-state index >= 15 is 0 Å². The predicted molar refractivity (Wildman–Crippen MR) is 54.8 cm³/mol. The van der Waals surface area contributed by atoms with Gasteiger partial charge in [-0.15, -0.1) is 0 Å². The van der Waals surface area contributed by atoms with Gasteiger partial charge in [-0.05, 0) is 30.2 Å². The van der Waals surface area contributed by atoms with Crippen LogP contribution in [0.15, 0.2) is 18.2 Å². The molecule has 0 fully saturated rings. The molecule has 0 aliphatic heterocycles. The highest BCUT2D eigenvalue weighted by atomic mass is 19.1. The Hall–Kier alpha value is -1.49. The summed E-state index contributed by atoms with van der Waals surface area (Å²) in [7, 11) is 0. The molecule has 1 amide bonds. The smallest absolute Gasteiger partial charge is 0.222 e. The van der Waals surface area contributed by atoms with Crippen LogP contribution in [0.5, 0.6) is 0 Å². The van der Waals surface area contributed by atoms with Gasteiger partial charge in [-0.25, -0.2) is 8.78 Å². The summed E-state index contributed by atoms with van der Waals surface area (Å²) in [4.78, 5) is 10.9. The highest BCUT2D eigenvalue weighted by Gasteiger charge is 2.04. The van der Waals surface area contributed by atoms with Gasteiger partial charge in [0.2, 0.25) is 5.91 Å². The first-order valence-corrected chi connectivity index (χ1v) is 4.95. The minimum atomic E-state index is -0.502. The van der Waals surface area contributed by atoms with Gasteiger partial charge in [0.05, 0.1) is 6.61 Å². The van der Waals surface area contributed by atoms with E-state index in [2.05, 4.69) is 5.32 Å². The second-order valence-electron chi connectivity index (χ2n) is 3.31. The van der Waals surface area contributed by atoms with E-state index < -0.39 is 11.6 Å². The van der Waals surface area contributed by atoms with Crippen LogP contribution in [0.1, 0.15) is 12.0 Å². The monoisotopic (exact) mass is 229 g/mol. The molecule has 16 heavy (non-hydrogen) atoms. The number of benzene rings is 1. The fraction of sp³-hybridized carbons (Fsp3) is 0.364. The lowest BCUT2D eigenvalue weighted by Gasteiger charge is -2.05. The second-order valence-corrected chi connectivity index (χ2v) is 3.31. The number of aliphatic hydroxyl groups is 1. The molecule has 0 aliphatic carbocycles. The van der Waals surface area contributed by atoms with Crippen molar-refractivity contribution in [2.24, 2.45) is 0 Å². The number of aliphatic hydroxyl groups excluding tert-OH is 1. The molecule has 0 aliphatic rings. The van der Waals surface area contributed by atoms with Crippen molar-refractivity contribution in [3.8, 4) is 0 Å². The van der Waals surface area contributed by atoms with E-state index in [4.69, 9.17) is 5.11 Å². The molecule has 0 bridgehead atoms. The van der Waals surface area contributed by atoms with E-state index in [9.17, 15) is 13.6 Å². The molecular weight excluding hydrogens is 216 g/mol. The third-order valence-corrected chi connectivity index (χ3v) is 2.06. The summed E-state index contributed by atoms with van der Waals surface area (Å²) in [6, 6.07) is 3.21. The number of nitrogens with one attached hydrogen (secondary N) is 1. The summed E-state index contributed by atoms with van der Waals surface area (Å²) in [5, 5.41) is 11.0. The predicted octanol–water partition coefficient (Wildman–Crippen LogP) is 1.01. The zero-order valence-corrected chi connectivity index (χ0v) is 8.67. The standard InChI is InChI=1S/C11H13F2NO2/c12-9-1-2-10(13)8(7-9)3-5-14-11(16)4-6-15/h1-2,7,15H,3-6H2,(H,14,16). The van der Waals surface area contributed by atoms with Crippen molar-refractivity contribution < 1.29 is 18.7 Å². The fourth-order valence-electron chi connectivity index (χ4n) is 1.26. The Labute approximate surface area is 92.1 Å². The first-order valence-electron chi connectivity index (χ1n) is 4.95. The van der Waals surface area contributed by atoms with Crippen LogP contribution in [0.3, 0.4) is 0 Å². The second kappa shape index (κ2) is 6.17. The molecular formula is C11H13F2NO2. The average molecular weight is 229 g/mol. The number of hydrogen-bond donors (Lipinski definition) is 2. The van der Waals surface area contributed by atoms with E-state index in [1.165, 1.54) is 0 Å². The van der Waals surface area contributed by atoms with E-state index in [0.717, 1.165) is 18.2 Å². The van der Waals surface area contributed by atoms with Gasteiger partial charge in [-0.1, -0.05) is 0 Å². The number of carbonyl (C=O) groups excluding carboxylic acids is 1. The molecule has 0 aromatic heterocycles. The van der Waals surface area contributed by atoms with Gasteiger partial charge in [-0.3, -0.25) is 4.79 Å². The lowest BCUT2D eigenvalue weighted by molar-refractivity contribution is -0.121. The highest BCUT2D eigenvalue weighted by Crippen LogP contribution is 2.09. The van der Waals surface area contributed by atoms with Crippen LogP contribution in [0, 0.1) is 11.6 Å². The maximum Gasteiger partial charge on any atom is 0.222 e. The normalized spacial score (nSPS) is 10.2. The van der Waals surface area contributed by atoms with Crippen LogP contribution in [0.25, 0.3) is 0 Å². The van der Waals surface area contributed by atoms with Gasteiger partial charge in [-0.2, -0.15) is 0 Å². The number of carbonyl (C=O) groups is 1. The number of halogens is 2. The van der Waals surface area contributed by atoms with E-state index in [0.29, 0.717) is 0 Å². The lowest BCUT2D eigenvalue weighted by Crippen LogP contribution is -2.26. The van der Waals surface area contributed by atoms with Gasteiger partial charge < -0.3 is 10.4 Å². The van der Waals surface area contributed by atoms with Gasteiger partial charge in [0, 0.05) is 13.0 Å². The molecule has 1 rings (SSSR count). The Morgan fingerprint density at radius 2 is 2.12 bits per heavy atom. The summed E-state index contributed by atoms with van der Waals surface area (Å²) in [6.07, 6.45) is 0.242. The molecule has 88 valence electrons. The Morgan fingerprint density at radius 1 is 1.38 bits per heavy atom. The molecule has 2 N–H and O–H groups in total. The van der Waals surface area contributed by atoms with E-state index in [1.807, 2.05) is 0 Å². The van der Waals surface area contributed by atoms with Crippen LogP contribution < -0.4 is 5.32 Å². The van der Waals surface area contributed by atoms with Gasteiger partial charge in [0.15, 0.2) is 0 Å². The maximum atomic E-state index is 13.1. The summed E-state index contributed by atoms with van der Waals surface area (Å²) in [6.45, 7) is -0.000629. The Bertz CT molecular complexity index is 369. The minimum Gasteiger partial charge on any atom is -0.396 e. The van der Waals surface area contributed by atoms with Crippen molar-refractivity contribution in [1.82, 2.24) is 5.32 Å². The van der Waals surface area contributed by atoms with Crippen LogP contribution in [-0.2, 0) is 11.2 Å². The highest BCUT2D eigenvalue weighted by molar-refractivity contribution is 5.75. The van der Waals surface area contributed by atoms with Crippen LogP contribution >= 0.6 is 0 Å². The zero-order valence-electron chi connectivity index (χ0n) is 8.67.